The topological polar surface area (TPSA) is 79.4 Å². The first-order valence-electron chi connectivity index (χ1n) is 8.16. The molecule has 0 radical (unpaired) electrons. The Morgan fingerprint density at radius 1 is 1.15 bits per heavy atom. The number of nitrogens with zero attached hydrogens (tertiary/aromatic N) is 2. The van der Waals surface area contributed by atoms with E-state index < -0.39 is 10.0 Å². The lowest BCUT2D eigenvalue weighted by molar-refractivity contribution is 0.0951. The zero-order valence-electron chi connectivity index (χ0n) is 14.9. The number of nitrogens with one attached hydrogen (secondary N) is 1. The lowest BCUT2D eigenvalue weighted by atomic mass is 10.1. The average molecular weight is 402 g/mol. The Morgan fingerprint density at radius 2 is 1.89 bits per heavy atom. The third kappa shape index (κ3) is 4.41. The normalized spacial score (nSPS) is 11.5. The molecule has 0 saturated carbocycles. The molecule has 27 heavy (non-hydrogen) atoms. The fourth-order valence-corrected chi connectivity index (χ4v) is 4.05. The molecule has 2 heterocycles. The molecule has 6 nitrogen and oxygen atoms in total. The maximum atomic E-state index is 12.3. The van der Waals surface area contributed by atoms with Crippen molar-refractivity contribution in [2.24, 2.45) is 0 Å². The highest BCUT2D eigenvalue weighted by Gasteiger charge is 2.17. The van der Waals surface area contributed by atoms with Crippen LogP contribution < -0.4 is 5.32 Å². The van der Waals surface area contributed by atoms with Crippen LogP contribution in [0, 0.1) is 0 Å². The summed E-state index contributed by atoms with van der Waals surface area (Å²) in [6.07, 6.45) is 3.51. The fraction of sp³-hybridized carbons (Fsp3) is 0.158. The van der Waals surface area contributed by atoms with Gasteiger partial charge < -0.3 is 5.32 Å². The summed E-state index contributed by atoms with van der Waals surface area (Å²) in [5.74, 6) is -0.273. The van der Waals surface area contributed by atoms with Crippen molar-refractivity contribution in [1.82, 2.24) is 14.6 Å². The Hall–Kier alpha value is -2.55. The summed E-state index contributed by atoms with van der Waals surface area (Å²) in [7, 11) is -0.573. The minimum Gasteiger partial charge on any atom is -0.348 e. The van der Waals surface area contributed by atoms with Crippen molar-refractivity contribution < 1.29 is 13.2 Å². The van der Waals surface area contributed by atoms with Gasteiger partial charge in [0.15, 0.2) is 0 Å². The summed E-state index contributed by atoms with van der Waals surface area (Å²) >= 11 is 1.63. The highest BCUT2D eigenvalue weighted by atomic mass is 32.2. The standard InChI is InChI=1S/C19H19N3O3S2/c1-22(2)27(24,25)17-7-5-15(6-8-17)19(23)21-12-14-10-16(13-20-11-14)18-4-3-9-26-18/h3-11,13H,12H2,1-2H3,(H,21,23). The molecule has 0 atom stereocenters. The number of benzene rings is 1. The molecule has 0 aliphatic carbocycles. The van der Waals surface area contributed by atoms with E-state index in [1.54, 1.807) is 23.7 Å². The number of sulfonamides is 1. The summed E-state index contributed by atoms with van der Waals surface area (Å²) in [6.45, 7) is 0.336. The van der Waals surface area contributed by atoms with Crippen molar-refractivity contribution in [2.45, 2.75) is 11.4 Å². The molecule has 0 fully saturated rings. The molecular formula is C19H19N3O3S2. The lowest BCUT2D eigenvalue weighted by Gasteiger charge is -2.11. The number of carbonyl (C=O) groups excluding carboxylic acids is 1. The molecule has 0 aliphatic heterocycles. The first kappa shape index (κ1) is 19.2. The van der Waals surface area contributed by atoms with Crippen LogP contribution in [0.2, 0.25) is 0 Å². The Kier molecular flexibility index (Phi) is 5.69. The molecule has 3 aromatic rings. The summed E-state index contributed by atoms with van der Waals surface area (Å²) in [5.41, 5.74) is 2.30. The molecule has 2 aromatic heterocycles. The van der Waals surface area contributed by atoms with Crippen molar-refractivity contribution in [3.8, 4) is 10.4 Å². The predicted molar refractivity (Wildman–Crippen MR) is 106 cm³/mol. The van der Waals surface area contributed by atoms with E-state index in [9.17, 15) is 13.2 Å². The van der Waals surface area contributed by atoms with Crippen LogP contribution in [-0.4, -0.2) is 37.7 Å². The van der Waals surface area contributed by atoms with Gasteiger partial charge in [0.25, 0.3) is 5.91 Å². The third-order valence-electron chi connectivity index (χ3n) is 3.95. The molecule has 0 aliphatic rings. The van der Waals surface area contributed by atoms with E-state index in [1.807, 2.05) is 23.6 Å². The molecule has 0 saturated heterocycles. The molecule has 1 amide bonds. The average Bonchev–Trinajstić information content (AvgIpc) is 3.21. The first-order valence-corrected chi connectivity index (χ1v) is 10.5. The molecule has 1 N–H and O–H groups in total. The van der Waals surface area contributed by atoms with Crippen molar-refractivity contribution in [1.29, 1.82) is 0 Å². The smallest absolute Gasteiger partial charge is 0.251 e. The second-order valence-corrected chi connectivity index (χ2v) is 9.15. The van der Waals surface area contributed by atoms with Crippen LogP contribution in [0.1, 0.15) is 15.9 Å². The van der Waals surface area contributed by atoms with Crippen LogP contribution in [0.5, 0.6) is 0 Å². The van der Waals surface area contributed by atoms with Gasteiger partial charge in [-0.25, -0.2) is 12.7 Å². The van der Waals surface area contributed by atoms with E-state index in [4.69, 9.17) is 0 Å². The molecule has 140 valence electrons. The van der Waals surface area contributed by atoms with Gasteiger partial charge in [-0.05, 0) is 47.3 Å². The Morgan fingerprint density at radius 3 is 2.52 bits per heavy atom. The second-order valence-electron chi connectivity index (χ2n) is 6.05. The van der Waals surface area contributed by atoms with Gasteiger partial charge in [-0.3, -0.25) is 9.78 Å². The maximum Gasteiger partial charge on any atom is 0.251 e. The number of rotatable bonds is 6. The zero-order chi connectivity index (χ0) is 19.4. The van der Waals surface area contributed by atoms with Crippen molar-refractivity contribution in [3.05, 3.63) is 71.4 Å². The van der Waals surface area contributed by atoms with Gasteiger partial charge in [-0.1, -0.05) is 6.07 Å². The van der Waals surface area contributed by atoms with Crippen molar-refractivity contribution in [2.75, 3.05) is 14.1 Å². The van der Waals surface area contributed by atoms with Crippen molar-refractivity contribution >= 4 is 27.3 Å². The number of hydrogen-bond donors (Lipinski definition) is 1. The number of amides is 1. The number of aromatic nitrogens is 1. The van der Waals surface area contributed by atoms with Crippen LogP contribution in [0.15, 0.2) is 65.1 Å². The summed E-state index contributed by atoms with van der Waals surface area (Å²) in [6, 6.07) is 11.9. The van der Waals surface area contributed by atoms with Crippen molar-refractivity contribution in [3.63, 3.8) is 0 Å². The molecule has 3 rings (SSSR count). The Balaban J connectivity index is 1.67. The van der Waals surface area contributed by atoms with E-state index in [0.717, 1.165) is 20.3 Å². The molecule has 8 heteroatoms. The van der Waals surface area contributed by atoms with Gasteiger partial charge in [0.1, 0.15) is 0 Å². The quantitative estimate of drug-likeness (QED) is 0.689. The molecule has 0 unspecified atom stereocenters. The highest BCUT2D eigenvalue weighted by molar-refractivity contribution is 7.89. The van der Waals surface area contributed by atoms with Crippen LogP contribution >= 0.6 is 11.3 Å². The SMILES string of the molecule is CN(C)S(=O)(=O)c1ccc(C(=O)NCc2cncc(-c3cccs3)c2)cc1. The first-order chi connectivity index (χ1) is 12.9. The second kappa shape index (κ2) is 7.99. The number of hydrogen-bond acceptors (Lipinski definition) is 5. The van der Waals surface area contributed by atoms with E-state index >= 15 is 0 Å². The minimum absolute atomic E-state index is 0.150. The van der Waals surface area contributed by atoms with E-state index in [1.165, 1.54) is 38.4 Å². The van der Waals surface area contributed by atoms with Gasteiger partial charge in [0.05, 0.1) is 4.90 Å². The maximum absolute atomic E-state index is 12.3. The fourth-order valence-electron chi connectivity index (χ4n) is 2.44. The number of pyridine rings is 1. The number of thiophene rings is 1. The summed E-state index contributed by atoms with van der Waals surface area (Å²) in [5, 5.41) is 4.84. The lowest BCUT2D eigenvalue weighted by Crippen LogP contribution is -2.24. The number of carbonyl (C=O) groups is 1. The summed E-state index contributed by atoms with van der Waals surface area (Å²) < 4.78 is 25.3. The molecule has 0 spiro atoms. The molecule has 0 bridgehead atoms. The largest absolute Gasteiger partial charge is 0.348 e. The van der Waals surface area contributed by atoms with Crippen LogP contribution in [-0.2, 0) is 16.6 Å². The molecule has 1 aromatic carbocycles. The van der Waals surface area contributed by atoms with Gasteiger partial charge in [0, 0.05) is 49.0 Å². The van der Waals surface area contributed by atoms with E-state index in [0.29, 0.717) is 12.1 Å². The zero-order valence-corrected chi connectivity index (χ0v) is 16.5. The Bertz CT molecular complexity index is 1030. The highest BCUT2D eigenvalue weighted by Crippen LogP contribution is 2.24. The van der Waals surface area contributed by atoms with Crippen LogP contribution in [0.25, 0.3) is 10.4 Å². The Labute approximate surface area is 162 Å². The van der Waals surface area contributed by atoms with Gasteiger partial charge in [-0.2, -0.15) is 0 Å². The summed E-state index contributed by atoms with van der Waals surface area (Å²) in [4.78, 5) is 17.8. The van der Waals surface area contributed by atoms with Crippen LogP contribution in [0.4, 0.5) is 0 Å². The molecular weight excluding hydrogens is 382 g/mol. The monoisotopic (exact) mass is 401 g/mol. The predicted octanol–water partition coefficient (Wildman–Crippen LogP) is 2.99. The minimum atomic E-state index is -3.51. The van der Waals surface area contributed by atoms with Gasteiger partial charge in [-0.15, -0.1) is 11.3 Å². The van der Waals surface area contributed by atoms with Gasteiger partial charge in [0.2, 0.25) is 10.0 Å². The van der Waals surface area contributed by atoms with E-state index in [2.05, 4.69) is 10.3 Å². The van der Waals surface area contributed by atoms with Gasteiger partial charge >= 0.3 is 0 Å². The third-order valence-corrected chi connectivity index (χ3v) is 6.70. The van der Waals surface area contributed by atoms with E-state index in [-0.39, 0.29) is 10.8 Å². The van der Waals surface area contributed by atoms with Crippen LogP contribution in [0.3, 0.4) is 0 Å².